The van der Waals surface area contributed by atoms with Crippen LogP contribution in [0, 0.1) is 11.3 Å². The maximum Gasteiger partial charge on any atom is 0.257 e. The van der Waals surface area contributed by atoms with Crippen molar-refractivity contribution in [2.45, 2.75) is 51.8 Å². The third kappa shape index (κ3) is 5.65. The quantitative estimate of drug-likeness (QED) is 0.583. The normalized spacial score (nSPS) is 15.7. The Hall–Kier alpha value is 0.0900. The summed E-state index contributed by atoms with van der Waals surface area (Å²) in [5.74, 6) is 0. The van der Waals surface area contributed by atoms with Crippen LogP contribution in [0.4, 0.5) is 0 Å². The van der Waals surface area contributed by atoms with E-state index in [0.29, 0.717) is 0 Å². The van der Waals surface area contributed by atoms with Gasteiger partial charge in [-0.25, -0.2) is 4.67 Å². The van der Waals surface area contributed by atoms with Gasteiger partial charge in [-0.3, -0.25) is 0 Å². The monoisotopic (exact) mass is 252 g/mol. The molecule has 0 aliphatic heterocycles. The van der Waals surface area contributed by atoms with Crippen LogP contribution in [0.15, 0.2) is 0 Å². The summed E-state index contributed by atoms with van der Waals surface area (Å²) in [4.78, 5) is 9.82. The molecule has 0 fully saturated rings. The van der Waals surface area contributed by atoms with Gasteiger partial charge in [0.15, 0.2) is 5.56 Å². The van der Waals surface area contributed by atoms with Crippen LogP contribution >= 0.6 is 20.1 Å². The molecular weight excluding hydrogens is 235 g/mol. The van der Waals surface area contributed by atoms with Gasteiger partial charge in [0.25, 0.3) is 8.53 Å². The molecule has 88 valence electrons. The maximum absolute atomic E-state index is 9.82. The van der Waals surface area contributed by atoms with Crippen molar-refractivity contribution in [1.29, 1.82) is 5.26 Å². The molecule has 0 amide bonds. The van der Waals surface area contributed by atoms with Crippen LogP contribution in [0.3, 0.4) is 0 Å². The van der Waals surface area contributed by atoms with Crippen molar-refractivity contribution in [2.75, 3.05) is 0 Å². The van der Waals surface area contributed by atoms with E-state index in [1.54, 1.807) is 0 Å². The Morgan fingerprint density at radius 2 is 1.87 bits per heavy atom. The molecule has 0 aromatic heterocycles. The van der Waals surface area contributed by atoms with Gasteiger partial charge in [-0.05, 0) is 27.7 Å². The van der Waals surface area contributed by atoms with Crippen LogP contribution in [0.25, 0.3) is 0 Å². The van der Waals surface area contributed by atoms with Gasteiger partial charge in [-0.15, -0.1) is 0 Å². The molecule has 6 heteroatoms. The molecule has 2 unspecified atom stereocenters. The molecule has 0 aromatic carbocycles. The van der Waals surface area contributed by atoms with E-state index in [-0.39, 0.29) is 18.5 Å². The van der Waals surface area contributed by atoms with Crippen molar-refractivity contribution in [3.63, 3.8) is 0 Å². The number of nitriles is 1. The minimum atomic E-state index is -1.72. The van der Waals surface area contributed by atoms with Crippen molar-refractivity contribution < 1.29 is 9.42 Å². The lowest BCUT2D eigenvalue weighted by Gasteiger charge is -2.33. The molecule has 0 aromatic rings. The van der Waals surface area contributed by atoms with Crippen LogP contribution in [-0.4, -0.2) is 27.2 Å². The average molecular weight is 253 g/mol. The van der Waals surface area contributed by atoms with Crippen molar-refractivity contribution in [3.8, 4) is 6.07 Å². The summed E-state index contributed by atoms with van der Waals surface area (Å²) in [5, 5.41) is 8.40. The maximum atomic E-state index is 9.82. The summed E-state index contributed by atoms with van der Waals surface area (Å²) in [6.45, 7) is 7.90. The molecule has 0 bridgehead atoms. The lowest BCUT2D eigenvalue weighted by molar-refractivity contribution is 0.199. The molecule has 2 atom stereocenters. The zero-order valence-corrected chi connectivity index (χ0v) is 11.2. The fourth-order valence-electron chi connectivity index (χ4n) is 1.26. The number of rotatable bonds is 6. The summed E-state index contributed by atoms with van der Waals surface area (Å²) in [5.41, 5.74) is -0.744. The molecule has 0 spiro atoms. The summed E-state index contributed by atoms with van der Waals surface area (Å²) < 4.78 is 7.00. The lowest BCUT2D eigenvalue weighted by Crippen LogP contribution is -2.33. The van der Waals surface area contributed by atoms with Gasteiger partial charge in [0, 0.05) is 12.1 Å². The van der Waals surface area contributed by atoms with Gasteiger partial charge in [-0.1, -0.05) is 11.6 Å². The Morgan fingerprint density at radius 1 is 1.40 bits per heavy atom. The smallest absolute Gasteiger partial charge is 0.257 e. The molecule has 0 saturated heterocycles. The molecule has 0 radical (unpaired) electrons. The van der Waals surface area contributed by atoms with Crippen molar-refractivity contribution in [3.05, 3.63) is 0 Å². The molecular formula is C9H18ClN2O2P. The minimum absolute atomic E-state index is 0.0744. The number of nitrogens with zero attached hydrogens (tertiary/aromatic N) is 2. The summed E-state index contributed by atoms with van der Waals surface area (Å²) in [6, 6.07) is 2.24. The largest absolute Gasteiger partial charge is 0.338 e. The van der Waals surface area contributed by atoms with Gasteiger partial charge in [0.1, 0.15) is 0 Å². The number of hydrogen-bond acceptors (Lipinski definition) is 4. The van der Waals surface area contributed by atoms with E-state index < -0.39 is 14.1 Å². The van der Waals surface area contributed by atoms with Crippen LogP contribution < -0.4 is 0 Å². The highest BCUT2D eigenvalue weighted by Crippen LogP contribution is 2.42. The molecule has 0 aliphatic rings. The van der Waals surface area contributed by atoms with Gasteiger partial charge in [0.05, 0.1) is 12.5 Å². The third-order valence-corrected chi connectivity index (χ3v) is 3.85. The second-order valence-electron chi connectivity index (χ2n) is 3.70. The average Bonchev–Trinajstić information content (AvgIpc) is 2.01. The zero-order chi connectivity index (χ0) is 12.0. The topological polar surface area (TPSA) is 56.5 Å². The van der Waals surface area contributed by atoms with E-state index in [1.165, 1.54) is 0 Å². The van der Waals surface area contributed by atoms with E-state index in [4.69, 9.17) is 21.4 Å². The van der Waals surface area contributed by atoms with Crippen molar-refractivity contribution in [2.24, 2.45) is 0 Å². The van der Waals surface area contributed by atoms with Crippen LogP contribution in [0.1, 0.15) is 34.1 Å². The minimum Gasteiger partial charge on any atom is -0.338 e. The molecule has 0 heterocycles. The number of alkyl halides is 1. The molecule has 4 nitrogen and oxygen atoms in total. The number of halogens is 1. The summed E-state index contributed by atoms with van der Waals surface area (Å²) in [6.07, 6.45) is 0.0744. The fraction of sp³-hybridized carbons (Fsp3) is 0.889. The first-order valence-electron chi connectivity index (χ1n) is 4.85. The molecule has 0 saturated carbocycles. The Morgan fingerprint density at radius 3 is 2.20 bits per heavy atom. The second kappa shape index (κ2) is 7.38. The first-order valence-corrected chi connectivity index (χ1v) is 6.45. The molecule has 15 heavy (non-hydrogen) atoms. The summed E-state index contributed by atoms with van der Waals surface area (Å²) >= 11 is 5.71. The first-order chi connectivity index (χ1) is 6.90. The van der Waals surface area contributed by atoms with E-state index in [2.05, 4.69) is 0 Å². The predicted molar refractivity (Wildman–Crippen MR) is 62.2 cm³/mol. The van der Waals surface area contributed by atoms with E-state index in [9.17, 15) is 4.89 Å². The molecule has 0 aliphatic carbocycles. The highest BCUT2D eigenvalue weighted by molar-refractivity contribution is 7.43. The van der Waals surface area contributed by atoms with Crippen LogP contribution in [0.2, 0.25) is 0 Å². The zero-order valence-electron chi connectivity index (χ0n) is 9.51. The lowest BCUT2D eigenvalue weighted by atomic mass is 10.3. The fourth-order valence-corrected chi connectivity index (χ4v) is 2.72. The first kappa shape index (κ1) is 15.1. The molecule has 1 N–H and O–H groups in total. The van der Waals surface area contributed by atoms with Gasteiger partial charge >= 0.3 is 0 Å². The highest BCUT2D eigenvalue weighted by atomic mass is 35.5. The summed E-state index contributed by atoms with van der Waals surface area (Å²) in [7, 11) is -1.72. The third-order valence-electron chi connectivity index (χ3n) is 1.72. The van der Waals surface area contributed by atoms with Crippen molar-refractivity contribution >= 4 is 20.1 Å². The highest BCUT2D eigenvalue weighted by Gasteiger charge is 2.26. The molecule has 0 rings (SSSR count). The predicted octanol–water partition coefficient (Wildman–Crippen LogP) is 2.82. The van der Waals surface area contributed by atoms with Crippen LogP contribution in [0.5, 0.6) is 0 Å². The SMILES string of the molecule is CC(C)N(C(C)C)P(O)OC(Cl)CC#N. The Kier molecular flexibility index (Phi) is 7.42. The standard InChI is InChI=1S/C9H18ClN2O2P/c1-7(2)12(8(3)4)15(13)14-9(10)5-6-11/h7-9,13H,5H2,1-4H3. The van der Waals surface area contributed by atoms with E-state index >= 15 is 0 Å². The van der Waals surface area contributed by atoms with Gasteiger partial charge in [0.2, 0.25) is 0 Å². The van der Waals surface area contributed by atoms with Gasteiger partial charge < -0.3 is 9.42 Å². The number of hydrogen-bond donors (Lipinski definition) is 1. The Balaban J connectivity index is 4.27. The van der Waals surface area contributed by atoms with Gasteiger partial charge in [-0.2, -0.15) is 5.26 Å². The van der Waals surface area contributed by atoms with Crippen LogP contribution in [-0.2, 0) is 4.52 Å². The van der Waals surface area contributed by atoms with E-state index in [1.807, 2.05) is 38.4 Å². The Labute approximate surface area is 97.8 Å². The Bertz CT molecular complexity index is 213. The van der Waals surface area contributed by atoms with E-state index in [0.717, 1.165) is 0 Å². The second-order valence-corrected chi connectivity index (χ2v) is 5.36. The van der Waals surface area contributed by atoms with Crippen molar-refractivity contribution in [1.82, 2.24) is 4.67 Å².